The van der Waals surface area contributed by atoms with Crippen molar-refractivity contribution in [2.24, 2.45) is 4.99 Å². The maximum atomic E-state index is 14.0. The van der Waals surface area contributed by atoms with Crippen LogP contribution in [0.4, 0.5) is 10.1 Å². The van der Waals surface area contributed by atoms with Crippen LogP contribution in [0.3, 0.4) is 0 Å². The van der Waals surface area contributed by atoms with E-state index in [1.54, 1.807) is 19.2 Å². The molecule has 2 fully saturated rings. The molecule has 0 spiro atoms. The molecule has 8 heteroatoms. The largest absolute Gasteiger partial charge is 0.495 e. The zero-order valence-corrected chi connectivity index (χ0v) is 21.8. The van der Waals surface area contributed by atoms with Gasteiger partial charge in [0.15, 0.2) is 5.96 Å². The monoisotopic (exact) mass is 568 g/mol. The van der Waals surface area contributed by atoms with E-state index in [1.165, 1.54) is 6.07 Å². The van der Waals surface area contributed by atoms with Gasteiger partial charge in [-0.25, -0.2) is 4.39 Å². The van der Waals surface area contributed by atoms with Crippen molar-refractivity contribution in [3.63, 3.8) is 0 Å². The topological polar surface area (TPSA) is 49.3 Å². The van der Waals surface area contributed by atoms with E-state index in [-0.39, 0.29) is 35.2 Å². The molecule has 2 saturated heterocycles. The van der Waals surface area contributed by atoms with Crippen LogP contribution in [0.25, 0.3) is 0 Å². The van der Waals surface area contributed by atoms with Gasteiger partial charge in [0.2, 0.25) is 0 Å². The van der Waals surface area contributed by atoms with Crippen LogP contribution in [-0.2, 0) is 10.2 Å². The van der Waals surface area contributed by atoms with E-state index >= 15 is 0 Å². The van der Waals surface area contributed by atoms with E-state index in [4.69, 9.17) is 9.47 Å². The highest BCUT2D eigenvalue weighted by Gasteiger charge is 2.35. The van der Waals surface area contributed by atoms with Gasteiger partial charge in [0.1, 0.15) is 11.6 Å². The fraction of sp³-hybridized carbons (Fsp3) is 0.480. The number of piperazine rings is 1. The van der Waals surface area contributed by atoms with Gasteiger partial charge in [0, 0.05) is 58.4 Å². The summed E-state index contributed by atoms with van der Waals surface area (Å²) in [7, 11) is 3.54. The molecule has 1 N–H and O–H groups in total. The van der Waals surface area contributed by atoms with Crippen LogP contribution in [-0.4, -0.2) is 71.0 Å². The Morgan fingerprint density at radius 2 is 1.82 bits per heavy atom. The lowest BCUT2D eigenvalue weighted by molar-refractivity contribution is 0.0510. The van der Waals surface area contributed by atoms with Gasteiger partial charge >= 0.3 is 0 Å². The van der Waals surface area contributed by atoms with Gasteiger partial charge in [-0.3, -0.25) is 4.99 Å². The van der Waals surface area contributed by atoms with E-state index in [0.29, 0.717) is 19.8 Å². The lowest BCUT2D eigenvalue weighted by Gasteiger charge is -2.41. The van der Waals surface area contributed by atoms with Crippen LogP contribution in [0.15, 0.2) is 53.5 Å². The van der Waals surface area contributed by atoms with Gasteiger partial charge in [0.05, 0.1) is 12.8 Å². The molecule has 0 radical (unpaired) electrons. The number of hydrogen-bond acceptors (Lipinski definition) is 4. The second-order valence-electron chi connectivity index (χ2n) is 8.45. The molecule has 0 atom stereocenters. The van der Waals surface area contributed by atoms with E-state index in [2.05, 4.69) is 26.2 Å². The molecule has 2 aliphatic heterocycles. The molecule has 2 heterocycles. The van der Waals surface area contributed by atoms with Crippen LogP contribution < -0.4 is 15.0 Å². The first-order valence-electron chi connectivity index (χ1n) is 11.3. The average Bonchev–Trinajstić information content (AvgIpc) is 2.85. The fourth-order valence-corrected chi connectivity index (χ4v) is 4.78. The van der Waals surface area contributed by atoms with Crippen molar-refractivity contribution < 1.29 is 13.9 Å². The molecular formula is C25H34FIN4O2. The lowest BCUT2D eigenvalue weighted by atomic mass is 9.74. The van der Waals surface area contributed by atoms with Crippen molar-refractivity contribution in [1.29, 1.82) is 0 Å². The summed E-state index contributed by atoms with van der Waals surface area (Å²) in [5.74, 6) is 1.61. The molecule has 0 unspecified atom stereocenters. The van der Waals surface area contributed by atoms with Crippen LogP contribution in [0, 0.1) is 5.82 Å². The SMILES string of the molecule is CN=C(NCC1(c2cccc(F)c2)CCOCC1)N1CCN(c2ccccc2OC)CC1.I. The number of methoxy groups -OCH3 is 1. The number of halogens is 2. The van der Waals surface area contributed by atoms with Gasteiger partial charge in [-0.2, -0.15) is 0 Å². The molecule has 0 saturated carbocycles. The van der Waals surface area contributed by atoms with Crippen molar-refractivity contribution in [2.45, 2.75) is 18.3 Å². The number of guanidine groups is 1. The molecule has 4 rings (SSSR count). The van der Waals surface area contributed by atoms with E-state index in [1.807, 2.05) is 31.3 Å². The smallest absolute Gasteiger partial charge is 0.193 e. The normalized spacial score (nSPS) is 18.5. The number of hydrogen-bond donors (Lipinski definition) is 1. The van der Waals surface area contributed by atoms with Crippen LogP contribution in [0.5, 0.6) is 5.75 Å². The van der Waals surface area contributed by atoms with Crippen molar-refractivity contribution in [3.8, 4) is 5.75 Å². The number of para-hydroxylation sites is 2. The third-order valence-electron chi connectivity index (χ3n) is 6.69. The number of anilines is 1. The summed E-state index contributed by atoms with van der Waals surface area (Å²) in [4.78, 5) is 9.21. The lowest BCUT2D eigenvalue weighted by Crippen LogP contribution is -2.55. The van der Waals surface area contributed by atoms with Crippen molar-refractivity contribution >= 4 is 35.6 Å². The average molecular weight is 568 g/mol. The minimum Gasteiger partial charge on any atom is -0.495 e. The Labute approximate surface area is 213 Å². The van der Waals surface area contributed by atoms with Gasteiger partial charge in [0.25, 0.3) is 0 Å². The summed E-state index contributed by atoms with van der Waals surface area (Å²) in [6, 6.07) is 15.2. The number of ether oxygens (including phenoxy) is 2. The molecule has 6 nitrogen and oxygen atoms in total. The molecule has 2 aliphatic rings. The third kappa shape index (κ3) is 5.90. The Bertz CT molecular complexity index is 928. The first kappa shape index (κ1) is 25.6. The summed E-state index contributed by atoms with van der Waals surface area (Å²) in [6.07, 6.45) is 1.73. The van der Waals surface area contributed by atoms with Crippen molar-refractivity contribution in [1.82, 2.24) is 10.2 Å². The molecule has 2 aromatic rings. The molecule has 0 aliphatic carbocycles. The minimum atomic E-state index is -0.190. The molecular weight excluding hydrogens is 534 g/mol. The molecule has 2 aromatic carbocycles. The standard InChI is InChI=1S/C25H33FN4O2.HI/c1-27-24(30-14-12-29(13-15-30)22-8-3-4-9-23(22)31-2)28-19-25(10-16-32-17-11-25)20-6-5-7-21(26)18-20;/h3-9,18H,10-17,19H2,1-2H3,(H,27,28);1H. The summed E-state index contributed by atoms with van der Waals surface area (Å²) in [5.41, 5.74) is 2.00. The Kier molecular flexibility index (Phi) is 9.19. The van der Waals surface area contributed by atoms with E-state index in [9.17, 15) is 4.39 Å². The first-order valence-corrected chi connectivity index (χ1v) is 11.3. The van der Waals surface area contributed by atoms with E-state index in [0.717, 1.165) is 62.0 Å². The quantitative estimate of drug-likeness (QED) is 0.337. The second-order valence-corrected chi connectivity index (χ2v) is 8.45. The fourth-order valence-electron chi connectivity index (χ4n) is 4.78. The number of benzene rings is 2. The number of aliphatic imine (C=N–C) groups is 1. The highest BCUT2D eigenvalue weighted by molar-refractivity contribution is 14.0. The first-order chi connectivity index (χ1) is 15.6. The summed E-state index contributed by atoms with van der Waals surface area (Å²) in [6.45, 7) is 5.61. The summed E-state index contributed by atoms with van der Waals surface area (Å²) >= 11 is 0. The number of nitrogens with zero attached hydrogens (tertiary/aromatic N) is 3. The zero-order valence-electron chi connectivity index (χ0n) is 19.4. The zero-order chi connectivity index (χ0) is 22.4. The second kappa shape index (κ2) is 11.9. The summed E-state index contributed by atoms with van der Waals surface area (Å²) < 4.78 is 25.1. The Morgan fingerprint density at radius 1 is 1.09 bits per heavy atom. The van der Waals surface area contributed by atoms with Crippen LogP contribution in [0.1, 0.15) is 18.4 Å². The maximum absolute atomic E-state index is 14.0. The molecule has 0 aromatic heterocycles. The Morgan fingerprint density at radius 3 is 2.48 bits per heavy atom. The number of nitrogens with one attached hydrogen (secondary N) is 1. The molecule has 180 valence electrons. The van der Waals surface area contributed by atoms with Gasteiger partial charge in [-0.15, -0.1) is 24.0 Å². The Hall–Kier alpha value is -2.07. The van der Waals surface area contributed by atoms with Crippen LogP contribution >= 0.6 is 24.0 Å². The van der Waals surface area contributed by atoms with Crippen LogP contribution in [0.2, 0.25) is 0 Å². The summed E-state index contributed by atoms with van der Waals surface area (Å²) in [5, 5.41) is 3.60. The van der Waals surface area contributed by atoms with E-state index < -0.39 is 0 Å². The third-order valence-corrected chi connectivity index (χ3v) is 6.69. The van der Waals surface area contributed by atoms with Crippen molar-refractivity contribution in [3.05, 3.63) is 59.9 Å². The molecule has 0 bridgehead atoms. The van der Waals surface area contributed by atoms with Crippen molar-refractivity contribution in [2.75, 3.05) is 65.0 Å². The highest BCUT2D eigenvalue weighted by atomic mass is 127. The predicted molar refractivity (Wildman–Crippen MR) is 142 cm³/mol. The molecule has 0 amide bonds. The highest BCUT2D eigenvalue weighted by Crippen LogP contribution is 2.35. The van der Waals surface area contributed by atoms with Gasteiger partial charge in [-0.05, 0) is 42.7 Å². The maximum Gasteiger partial charge on any atom is 0.193 e. The minimum absolute atomic E-state index is 0. The van der Waals surface area contributed by atoms with Gasteiger partial charge < -0.3 is 24.6 Å². The molecule has 33 heavy (non-hydrogen) atoms. The Balaban J connectivity index is 0.00000306. The van der Waals surface area contributed by atoms with Gasteiger partial charge in [-0.1, -0.05) is 24.3 Å². The predicted octanol–water partition coefficient (Wildman–Crippen LogP) is 3.90. The number of rotatable bonds is 5.